The molecule has 13 N–H and O–H groups in total. The van der Waals surface area contributed by atoms with E-state index in [1.165, 1.54) is 0 Å². The Morgan fingerprint density at radius 1 is 0.468 bits per heavy atom. The van der Waals surface area contributed by atoms with Gasteiger partial charge in [0.25, 0.3) is 17.7 Å². The second kappa shape index (κ2) is 27.9. The Morgan fingerprint density at radius 2 is 0.742 bits per heavy atom. The lowest BCUT2D eigenvalue weighted by molar-refractivity contribution is -0.109. The van der Waals surface area contributed by atoms with Crippen molar-refractivity contribution in [1.29, 1.82) is 0 Å². The number of nitrogens with zero attached hydrogens (tertiary/aromatic N) is 2. The van der Waals surface area contributed by atoms with Crippen LogP contribution in [0.2, 0.25) is 0 Å². The zero-order valence-electron chi connectivity index (χ0n) is 32.0. The summed E-state index contributed by atoms with van der Waals surface area (Å²) in [5.41, 5.74) is -0.834. The van der Waals surface area contributed by atoms with Crippen LogP contribution in [-0.2, 0) is 9.59 Å². The summed E-state index contributed by atoms with van der Waals surface area (Å²) in [5, 5.41) is 107. The van der Waals surface area contributed by atoms with Crippen LogP contribution in [-0.4, -0.2) is 184 Å². The number of aliphatic hydroxyl groups is 10. The Hall–Kier alpha value is -0.560. The molecule has 0 aliphatic heterocycles. The van der Waals surface area contributed by atoms with Crippen LogP contribution in [0.4, 0.5) is 11.4 Å². The summed E-state index contributed by atoms with van der Waals surface area (Å²) in [6.45, 7) is -6.51. The number of carbonyl (C=O) groups is 6. The number of hydrogen-bond acceptors (Lipinski definition) is 16. The second-order valence-corrected chi connectivity index (χ2v) is 19.7. The molecule has 0 aromatic heterocycles. The van der Waals surface area contributed by atoms with E-state index in [-0.39, 0.29) is 74.3 Å². The number of anilines is 2. The van der Waals surface area contributed by atoms with Crippen molar-refractivity contribution >= 4 is 183 Å². The maximum Gasteiger partial charge on any atom is 0.253 e. The first-order valence-electron chi connectivity index (χ1n) is 17.9. The minimum Gasteiger partial charge on any atom is -0.396 e. The number of ketones is 1. The zero-order chi connectivity index (χ0) is 47.2. The molecule has 2 rings (SSSR count). The van der Waals surface area contributed by atoms with Crippen LogP contribution < -0.4 is 25.8 Å². The number of Topliss-reactive ketones (excluding diaryl/α,β-unsaturated/α-hetero) is 1. The minimum absolute atomic E-state index is 0.0339. The molecule has 21 nitrogen and oxygen atoms in total. The van der Waals surface area contributed by atoms with Crippen molar-refractivity contribution in [3.8, 4) is 0 Å². The predicted octanol–water partition coefficient (Wildman–Crippen LogP) is -1.92. The first-order valence-corrected chi connectivity index (χ1v) is 24.3. The molecule has 0 radical (unpaired) electrons. The Bertz CT molecular complexity index is 1690. The van der Waals surface area contributed by atoms with Gasteiger partial charge in [0, 0.05) is 41.8 Å². The van der Waals surface area contributed by atoms with Gasteiger partial charge in [-0.1, -0.05) is 0 Å². The molecule has 2 aromatic carbocycles. The Balaban J connectivity index is 2.76. The van der Waals surface area contributed by atoms with Crippen molar-refractivity contribution in [1.82, 2.24) is 16.0 Å². The highest BCUT2D eigenvalue weighted by molar-refractivity contribution is 14.1. The van der Waals surface area contributed by atoms with Gasteiger partial charge < -0.3 is 76.8 Å². The zero-order valence-corrected chi connectivity index (χ0v) is 44.9. The summed E-state index contributed by atoms with van der Waals surface area (Å²) in [6, 6.07) is -3.37. The van der Waals surface area contributed by atoms with Crippen molar-refractivity contribution < 1.29 is 79.8 Å². The quantitative estimate of drug-likeness (QED) is 0.0278. The summed E-state index contributed by atoms with van der Waals surface area (Å²) >= 11 is 10.4. The Kier molecular flexibility index (Phi) is 25.9. The summed E-state index contributed by atoms with van der Waals surface area (Å²) < 4.78 is 0.388. The molecule has 62 heavy (non-hydrogen) atoms. The van der Waals surface area contributed by atoms with Gasteiger partial charge in [-0.2, -0.15) is 0 Å². The number of nitrogens with one attached hydrogen (secondary N) is 3. The van der Waals surface area contributed by atoms with Crippen molar-refractivity contribution in [2.24, 2.45) is 5.92 Å². The number of carbonyl (C=O) groups excluding carboxylic acids is 6. The predicted molar refractivity (Wildman–Crippen MR) is 271 cm³/mol. The van der Waals surface area contributed by atoms with Gasteiger partial charge in [0.15, 0.2) is 5.78 Å². The van der Waals surface area contributed by atoms with Crippen molar-refractivity contribution in [2.45, 2.75) is 36.8 Å². The third-order valence-electron chi connectivity index (χ3n) is 8.91. The van der Waals surface area contributed by atoms with E-state index in [0.29, 0.717) is 0 Å². The van der Waals surface area contributed by atoms with Gasteiger partial charge in [0.1, 0.15) is 0 Å². The van der Waals surface area contributed by atoms with E-state index in [1.54, 1.807) is 136 Å². The van der Waals surface area contributed by atoms with Gasteiger partial charge in [0.2, 0.25) is 12.8 Å². The highest BCUT2D eigenvalue weighted by Gasteiger charge is 2.35. The molecule has 2 atom stereocenters. The Labute approximate surface area is 436 Å². The number of halogens is 6. The van der Waals surface area contributed by atoms with E-state index in [1.807, 2.05) is 0 Å². The average Bonchev–Trinajstić information content (AvgIpc) is 3.24. The fraction of sp³-hybridized carbons (Fsp3) is 0.486. The van der Waals surface area contributed by atoms with E-state index in [0.717, 1.165) is 9.80 Å². The highest BCUT2D eigenvalue weighted by Crippen LogP contribution is 2.40. The van der Waals surface area contributed by atoms with Crippen LogP contribution in [0.25, 0.3) is 0 Å². The molecule has 0 bridgehead atoms. The molecular weight excluding hydrogens is 1510 g/mol. The number of amides is 5. The van der Waals surface area contributed by atoms with E-state index >= 15 is 0 Å². The van der Waals surface area contributed by atoms with Crippen molar-refractivity contribution in [3.05, 3.63) is 43.7 Å². The summed E-state index contributed by atoms with van der Waals surface area (Å²) in [7, 11) is 0. The number of hydrogen-bond donors (Lipinski definition) is 13. The van der Waals surface area contributed by atoms with Crippen LogP contribution in [0.15, 0.2) is 0 Å². The van der Waals surface area contributed by atoms with Gasteiger partial charge in [0.05, 0.1) is 122 Å². The largest absolute Gasteiger partial charge is 0.396 e. The second-order valence-electron chi connectivity index (χ2n) is 13.2. The van der Waals surface area contributed by atoms with Crippen molar-refractivity contribution in [3.63, 3.8) is 0 Å². The van der Waals surface area contributed by atoms with Gasteiger partial charge in [-0.25, -0.2) is 0 Å². The molecule has 27 heteroatoms. The average molecular weight is 1550 g/mol. The smallest absolute Gasteiger partial charge is 0.253 e. The van der Waals surface area contributed by atoms with E-state index in [4.69, 9.17) is 0 Å². The van der Waals surface area contributed by atoms with E-state index < -0.39 is 126 Å². The SMILES string of the molecule is O=CN(CC(O)C(O)CN(C=O)c1c(I)c(C(=O)NC(CO)CO)c(I)c(C(=O)NC(CO)CO)c1I)c1c(I)c(C(=O)CC(CO)CO)c(I)c(C(=O)NC(CO)CO)c1I. The normalized spacial score (nSPS) is 12.5. The topological polar surface area (TPSA) is 347 Å². The van der Waals surface area contributed by atoms with E-state index in [9.17, 15) is 79.8 Å². The van der Waals surface area contributed by atoms with Crippen molar-refractivity contribution in [2.75, 3.05) is 75.7 Å². The lowest BCUT2D eigenvalue weighted by atomic mass is 9.97. The molecule has 5 amide bonds. The number of aliphatic hydroxyl groups excluding tert-OH is 10. The summed E-state index contributed by atoms with van der Waals surface area (Å²) in [6.07, 6.45) is -3.67. The monoisotopic (exact) mass is 1550 g/mol. The third-order valence-corrected chi connectivity index (χ3v) is 15.3. The third kappa shape index (κ3) is 14.2. The molecule has 0 aliphatic rings. The van der Waals surface area contributed by atoms with Crippen LogP contribution in [0.3, 0.4) is 0 Å². The molecule has 2 aromatic rings. The highest BCUT2D eigenvalue weighted by atomic mass is 127. The molecule has 0 saturated carbocycles. The fourth-order valence-electron chi connectivity index (χ4n) is 5.44. The van der Waals surface area contributed by atoms with Gasteiger partial charge in [-0.3, -0.25) is 28.8 Å². The van der Waals surface area contributed by atoms with Gasteiger partial charge >= 0.3 is 0 Å². The number of benzene rings is 2. The fourth-order valence-corrected chi connectivity index (χ4v) is 15.1. The van der Waals surface area contributed by atoms with E-state index in [2.05, 4.69) is 16.0 Å². The van der Waals surface area contributed by atoms with Crippen LogP contribution in [0.1, 0.15) is 47.9 Å². The molecule has 346 valence electrons. The summed E-state index contributed by atoms with van der Waals surface area (Å²) in [5.74, 6) is -4.14. The first-order chi connectivity index (χ1) is 29.3. The maximum atomic E-state index is 13.7. The lowest BCUT2D eigenvalue weighted by Crippen LogP contribution is -2.46. The first kappa shape index (κ1) is 57.6. The minimum atomic E-state index is -1.89. The molecule has 0 heterocycles. The lowest BCUT2D eigenvalue weighted by Gasteiger charge is -2.31. The maximum absolute atomic E-state index is 13.7. The molecule has 0 fully saturated rings. The molecule has 0 spiro atoms. The molecular formula is C35H43I6N5O16. The molecule has 2 unspecified atom stereocenters. The Morgan fingerprint density at radius 3 is 1.00 bits per heavy atom. The number of rotatable bonds is 26. The van der Waals surface area contributed by atoms with Gasteiger partial charge in [-0.05, 0) is 136 Å². The standard InChI is InChI=1S/C35H43I6N5O16/c36-25-21(18(57)1-14(4-47)5-48)27(38)31(28(39)22(25)33(60)42-15(6-49)7-50)45(12-55)2-19(58)20(59)3-46(13-56)32-29(40)23(34(61)43-16(8-51)9-52)26(37)24(30(32)41)35(62)44-17(10-53)11-54/h12-17,19-20,47-54,58-59H,1-11H2,(H,42,60)(H,43,61)(H,44,62). The van der Waals surface area contributed by atoms with Crippen LogP contribution >= 0.6 is 136 Å². The van der Waals surface area contributed by atoms with Crippen LogP contribution in [0, 0.1) is 27.3 Å². The van der Waals surface area contributed by atoms with Gasteiger partial charge in [-0.15, -0.1) is 0 Å². The van der Waals surface area contributed by atoms with Crippen LogP contribution in [0.5, 0.6) is 0 Å². The molecule has 0 aliphatic carbocycles. The molecule has 0 saturated heterocycles. The summed E-state index contributed by atoms with van der Waals surface area (Å²) in [4.78, 5) is 82.0.